The molecule has 0 fully saturated rings. The van der Waals surface area contributed by atoms with Crippen molar-refractivity contribution >= 4 is 17.4 Å². The van der Waals surface area contributed by atoms with Crippen LogP contribution in [0.25, 0.3) is 16.8 Å². The Hall–Kier alpha value is -3.67. The second kappa shape index (κ2) is 7.29. The van der Waals surface area contributed by atoms with Crippen LogP contribution in [0.15, 0.2) is 73.4 Å². The Labute approximate surface area is 156 Å². The van der Waals surface area contributed by atoms with Crippen LogP contribution >= 0.6 is 0 Å². The fourth-order valence-corrected chi connectivity index (χ4v) is 3.02. The Morgan fingerprint density at radius 1 is 1.04 bits per heavy atom. The number of nitrogens with one attached hydrogen (secondary N) is 2. The molecule has 3 heterocycles. The summed E-state index contributed by atoms with van der Waals surface area (Å²) in [6, 6.07) is 13.5. The summed E-state index contributed by atoms with van der Waals surface area (Å²) in [5.41, 5.74) is 5.92. The number of nitrogens with zero attached hydrogens (tertiary/aromatic N) is 3. The molecule has 2 amide bonds. The minimum atomic E-state index is -0.241. The molecule has 134 valence electrons. The maximum atomic E-state index is 12.2. The van der Waals surface area contributed by atoms with Crippen molar-refractivity contribution in [3.63, 3.8) is 0 Å². The quantitative estimate of drug-likeness (QED) is 0.579. The maximum absolute atomic E-state index is 12.2. The highest BCUT2D eigenvalue weighted by atomic mass is 16.2. The highest BCUT2D eigenvalue weighted by Crippen LogP contribution is 2.25. The van der Waals surface area contributed by atoms with E-state index in [0.717, 1.165) is 33.6 Å². The molecule has 1 aromatic carbocycles. The van der Waals surface area contributed by atoms with Crippen molar-refractivity contribution in [3.05, 3.63) is 84.6 Å². The van der Waals surface area contributed by atoms with Crippen LogP contribution in [-0.2, 0) is 6.54 Å². The Balaban J connectivity index is 1.39. The normalized spacial score (nSPS) is 10.7. The topological polar surface area (TPSA) is 71.3 Å². The van der Waals surface area contributed by atoms with E-state index in [1.807, 2.05) is 66.2 Å². The zero-order chi connectivity index (χ0) is 18.6. The molecule has 0 radical (unpaired) electrons. The van der Waals surface area contributed by atoms with Gasteiger partial charge in [0, 0.05) is 43.2 Å². The Morgan fingerprint density at radius 2 is 1.89 bits per heavy atom. The van der Waals surface area contributed by atoms with E-state index < -0.39 is 0 Å². The average Bonchev–Trinajstić information content (AvgIpc) is 3.15. The van der Waals surface area contributed by atoms with Gasteiger partial charge in [0.15, 0.2) is 0 Å². The summed E-state index contributed by atoms with van der Waals surface area (Å²) in [5.74, 6) is 0. The third-order valence-corrected chi connectivity index (χ3v) is 4.39. The number of fused-ring (bicyclic) bond motifs is 1. The van der Waals surface area contributed by atoms with Gasteiger partial charge in [-0.15, -0.1) is 0 Å². The number of urea groups is 1. The van der Waals surface area contributed by atoms with E-state index in [9.17, 15) is 4.79 Å². The summed E-state index contributed by atoms with van der Waals surface area (Å²) in [4.78, 5) is 20.5. The van der Waals surface area contributed by atoms with Crippen LogP contribution in [0.2, 0.25) is 0 Å². The van der Waals surface area contributed by atoms with Gasteiger partial charge in [0.25, 0.3) is 0 Å². The first-order valence-electron chi connectivity index (χ1n) is 8.66. The SMILES string of the molecule is Cc1cc(NC(=O)NCc2ccn3ccnc3c2)ccc1-c1ccncc1. The number of carbonyl (C=O) groups excluding carboxylic acids is 1. The lowest BCUT2D eigenvalue weighted by atomic mass is 10.0. The van der Waals surface area contributed by atoms with Gasteiger partial charge in [0.05, 0.1) is 0 Å². The third kappa shape index (κ3) is 3.79. The predicted molar refractivity (Wildman–Crippen MR) is 105 cm³/mol. The second-order valence-corrected chi connectivity index (χ2v) is 6.30. The van der Waals surface area contributed by atoms with Crippen LogP contribution in [0.4, 0.5) is 10.5 Å². The molecule has 4 aromatic rings. The van der Waals surface area contributed by atoms with Gasteiger partial charge in [-0.25, -0.2) is 9.78 Å². The monoisotopic (exact) mass is 357 g/mol. The van der Waals surface area contributed by atoms with E-state index in [0.29, 0.717) is 6.54 Å². The zero-order valence-electron chi connectivity index (χ0n) is 14.9. The number of imidazole rings is 1. The second-order valence-electron chi connectivity index (χ2n) is 6.30. The number of hydrogen-bond donors (Lipinski definition) is 2. The van der Waals surface area contributed by atoms with Gasteiger partial charge in [-0.05, 0) is 65.6 Å². The summed E-state index contributed by atoms with van der Waals surface area (Å²) >= 11 is 0. The highest BCUT2D eigenvalue weighted by Gasteiger charge is 2.06. The van der Waals surface area contributed by atoms with Crippen LogP contribution in [0.3, 0.4) is 0 Å². The first kappa shape index (κ1) is 16.8. The van der Waals surface area contributed by atoms with E-state index in [4.69, 9.17) is 0 Å². The van der Waals surface area contributed by atoms with Gasteiger partial charge in [-0.3, -0.25) is 4.98 Å². The largest absolute Gasteiger partial charge is 0.334 e. The lowest BCUT2D eigenvalue weighted by Crippen LogP contribution is -2.28. The molecule has 0 unspecified atom stereocenters. The Kier molecular flexibility index (Phi) is 4.53. The molecular formula is C21H19N5O. The summed E-state index contributed by atoms with van der Waals surface area (Å²) in [7, 11) is 0. The van der Waals surface area contributed by atoms with E-state index in [2.05, 4.69) is 20.6 Å². The fraction of sp³-hybridized carbons (Fsp3) is 0.0952. The molecule has 3 aromatic heterocycles. The van der Waals surface area contributed by atoms with E-state index in [-0.39, 0.29) is 6.03 Å². The van der Waals surface area contributed by atoms with Crippen LogP contribution in [-0.4, -0.2) is 20.4 Å². The maximum Gasteiger partial charge on any atom is 0.319 e. The number of aryl methyl sites for hydroxylation is 1. The minimum absolute atomic E-state index is 0.241. The molecule has 4 rings (SSSR count). The van der Waals surface area contributed by atoms with E-state index in [1.54, 1.807) is 18.6 Å². The van der Waals surface area contributed by atoms with Crippen LogP contribution in [0.5, 0.6) is 0 Å². The first-order chi connectivity index (χ1) is 13.2. The molecule has 0 aliphatic heterocycles. The first-order valence-corrected chi connectivity index (χ1v) is 8.66. The van der Waals surface area contributed by atoms with E-state index >= 15 is 0 Å². The highest BCUT2D eigenvalue weighted by molar-refractivity contribution is 5.89. The molecule has 0 spiro atoms. The van der Waals surface area contributed by atoms with Crippen molar-refractivity contribution in [1.82, 2.24) is 19.7 Å². The van der Waals surface area contributed by atoms with Gasteiger partial charge in [-0.2, -0.15) is 0 Å². The molecule has 0 aliphatic rings. The van der Waals surface area contributed by atoms with Crippen molar-refractivity contribution in [2.24, 2.45) is 0 Å². The Bertz CT molecular complexity index is 1090. The van der Waals surface area contributed by atoms with Crippen molar-refractivity contribution in [2.75, 3.05) is 5.32 Å². The molecule has 2 N–H and O–H groups in total. The van der Waals surface area contributed by atoms with Gasteiger partial charge < -0.3 is 15.0 Å². The lowest BCUT2D eigenvalue weighted by Gasteiger charge is -2.11. The van der Waals surface area contributed by atoms with Gasteiger partial charge >= 0.3 is 6.03 Å². The summed E-state index contributed by atoms with van der Waals surface area (Å²) in [6.45, 7) is 2.46. The molecule has 0 bridgehead atoms. The van der Waals surface area contributed by atoms with Gasteiger partial charge in [0.2, 0.25) is 0 Å². The van der Waals surface area contributed by atoms with Crippen molar-refractivity contribution < 1.29 is 4.79 Å². The van der Waals surface area contributed by atoms with Crippen molar-refractivity contribution in [1.29, 1.82) is 0 Å². The summed E-state index contributed by atoms with van der Waals surface area (Å²) in [5, 5.41) is 5.76. The fourth-order valence-electron chi connectivity index (χ4n) is 3.02. The summed E-state index contributed by atoms with van der Waals surface area (Å²) in [6.07, 6.45) is 9.11. The number of anilines is 1. The lowest BCUT2D eigenvalue weighted by molar-refractivity contribution is 0.251. The molecule has 6 heteroatoms. The van der Waals surface area contributed by atoms with Gasteiger partial charge in [-0.1, -0.05) is 6.07 Å². The average molecular weight is 357 g/mol. The number of amides is 2. The number of pyridine rings is 2. The zero-order valence-corrected chi connectivity index (χ0v) is 14.9. The minimum Gasteiger partial charge on any atom is -0.334 e. The van der Waals surface area contributed by atoms with Gasteiger partial charge in [0.1, 0.15) is 5.65 Å². The summed E-state index contributed by atoms with van der Waals surface area (Å²) < 4.78 is 1.93. The van der Waals surface area contributed by atoms with E-state index in [1.165, 1.54) is 0 Å². The number of hydrogen-bond acceptors (Lipinski definition) is 3. The molecule has 0 atom stereocenters. The smallest absolute Gasteiger partial charge is 0.319 e. The molecule has 27 heavy (non-hydrogen) atoms. The standard InChI is InChI=1S/C21H19N5O/c1-15-12-18(2-3-19(15)17-4-7-22-8-5-17)25-21(27)24-14-16-6-10-26-11-9-23-20(26)13-16/h2-13H,14H2,1H3,(H2,24,25,27). The predicted octanol–water partition coefficient (Wildman–Crippen LogP) is 4.03. The van der Waals surface area contributed by atoms with Crippen LogP contribution in [0.1, 0.15) is 11.1 Å². The van der Waals surface area contributed by atoms with Crippen molar-refractivity contribution in [3.8, 4) is 11.1 Å². The molecule has 0 aliphatic carbocycles. The molecular weight excluding hydrogens is 338 g/mol. The third-order valence-electron chi connectivity index (χ3n) is 4.39. The number of aromatic nitrogens is 3. The van der Waals surface area contributed by atoms with Crippen LogP contribution < -0.4 is 10.6 Å². The number of rotatable bonds is 4. The molecule has 6 nitrogen and oxygen atoms in total. The number of benzene rings is 1. The molecule has 0 saturated heterocycles. The Morgan fingerprint density at radius 3 is 2.70 bits per heavy atom. The molecule has 0 saturated carbocycles. The van der Waals surface area contributed by atoms with Crippen LogP contribution in [0, 0.1) is 6.92 Å². The van der Waals surface area contributed by atoms with Crippen molar-refractivity contribution in [2.45, 2.75) is 13.5 Å². The number of carbonyl (C=O) groups is 1.